The fourth-order valence-electron chi connectivity index (χ4n) is 2.02. The molecule has 0 aliphatic carbocycles. The average Bonchev–Trinajstić information content (AvgIpc) is 2.45. The number of halogens is 5. The van der Waals surface area contributed by atoms with Gasteiger partial charge >= 0.3 is 6.18 Å². The van der Waals surface area contributed by atoms with E-state index < -0.39 is 17.6 Å². The largest absolute Gasteiger partial charge is 0.416 e. The van der Waals surface area contributed by atoms with Gasteiger partial charge in [-0.3, -0.25) is 0 Å². The van der Waals surface area contributed by atoms with E-state index in [-0.39, 0.29) is 22.8 Å². The third-order valence-corrected chi connectivity index (χ3v) is 3.43. The topological polar surface area (TPSA) is 3.24 Å². The summed E-state index contributed by atoms with van der Waals surface area (Å²) in [6.07, 6.45) is -4.50. The van der Waals surface area contributed by atoms with Crippen LogP contribution in [0.1, 0.15) is 11.1 Å². The number of nitrogens with zero attached hydrogens (tertiary/aromatic N) is 1. The standard InChI is InChI=1S/C15H12ClF4N/c1-21(14-5-3-2-4-13(14)17)11-7-6-10(9-16)12(8-11)15(18,19)20/h2-8H,9H2,1H3. The molecule has 6 heteroatoms. The van der Waals surface area contributed by atoms with Crippen molar-refractivity contribution in [3.05, 3.63) is 59.4 Å². The Morgan fingerprint density at radius 2 is 1.76 bits per heavy atom. The van der Waals surface area contributed by atoms with E-state index in [9.17, 15) is 17.6 Å². The van der Waals surface area contributed by atoms with Gasteiger partial charge in [-0.15, -0.1) is 11.6 Å². The first-order valence-corrected chi connectivity index (χ1v) is 6.62. The lowest BCUT2D eigenvalue weighted by Gasteiger charge is -2.22. The van der Waals surface area contributed by atoms with Gasteiger partial charge in [0.25, 0.3) is 0 Å². The van der Waals surface area contributed by atoms with E-state index in [1.165, 1.54) is 42.3 Å². The second-order valence-electron chi connectivity index (χ2n) is 4.48. The van der Waals surface area contributed by atoms with Crippen LogP contribution in [0.15, 0.2) is 42.5 Å². The summed E-state index contributed by atoms with van der Waals surface area (Å²) in [5, 5.41) is 0. The van der Waals surface area contributed by atoms with Crippen molar-refractivity contribution in [2.45, 2.75) is 12.1 Å². The summed E-state index contributed by atoms with van der Waals surface area (Å²) in [6.45, 7) is 0. The van der Waals surface area contributed by atoms with E-state index in [2.05, 4.69) is 0 Å². The molecule has 2 aromatic rings. The highest BCUT2D eigenvalue weighted by Gasteiger charge is 2.33. The van der Waals surface area contributed by atoms with Crippen LogP contribution in [0.2, 0.25) is 0 Å². The van der Waals surface area contributed by atoms with E-state index >= 15 is 0 Å². The van der Waals surface area contributed by atoms with Crippen molar-refractivity contribution in [1.29, 1.82) is 0 Å². The van der Waals surface area contributed by atoms with Gasteiger partial charge in [-0.2, -0.15) is 13.2 Å². The molecule has 0 saturated heterocycles. The van der Waals surface area contributed by atoms with E-state index in [1.54, 1.807) is 6.07 Å². The Balaban J connectivity index is 2.48. The van der Waals surface area contributed by atoms with E-state index in [4.69, 9.17) is 11.6 Å². The van der Waals surface area contributed by atoms with Crippen LogP contribution in [0.4, 0.5) is 28.9 Å². The lowest BCUT2D eigenvalue weighted by molar-refractivity contribution is -0.138. The molecule has 112 valence electrons. The minimum absolute atomic E-state index is 0.00477. The van der Waals surface area contributed by atoms with Crippen molar-refractivity contribution >= 4 is 23.0 Å². The van der Waals surface area contributed by atoms with E-state index in [0.29, 0.717) is 0 Å². The summed E-state index contributed by atoms with van der Waals surface area (Å²) < 4.78 is 52.7. The van der Waals surface area contributed by atoms with Crippen molar-refractivity contribution in [2.24, 2.45) is 0 Å². The number of anilines is 2. The van der Waals surface area contributed by atoms with Gasteiger partial charge in [0, 0.05) is 18.6 Å². The van der Waals surface area contributed by atoms with Gasteiger partial charge in [0.2, 0.25) is 0 Å². The molecule has 0 aliphatic heterocycles. The van der Waals surface area contributed by atoms with Crippen LogP contribution in [0.25, 0.3) is 0 Å². The summed E-state index contributed by atoms with van der Waals surface area (Å²) in [7, 11) is 1.51. The third-order valence-electron chi connectivity index (χ3n) is 3.14. The molecule has 2 aromatic carbocycles. The molecule has 0 aromatic heterocycles. The molecule has 0 aliphatic rings. The Morgan fingerprint density at radius 3 is 2.33 bits per heavy atom. The zero-order valence-corrected chi connectivity index (χ0v) is 11.8. The van der Waals surface area contributed by atoms with Gasteiger partial charge in [0.1, 0.15) is 5.82 Å². The highest BCUT2D eigenvalue weighted by Crippen LogP contribution is 2.36. The van der Waals surface area contributed by atoms with Crippen LogP contribution < -0.4 is 4.90 Å². The molecule has 0 amide bonds. The molecular weight excluding hydrogens is 306 g/mol. The monoisotopic (exact) mass is 317 g/mol. The lowest BCUT2D eigenvalue weighted by atomic mass is 10.1. The molecule has 0 radical (unpaired) electrons. The predicted octanol–water partition coefficient (Wildman–Crippen LogP) is 5.35. The smallest absolute Gasteiger partial charge is 0.342 e. The molecule has 0 spiro atoms. The Labute approximate surface area is 124 Å². The molecule has 2 rings (SSSR count). The third kappa shape index (κ3) is 3.29. The fraction of sp³-hybridized carbons (Fsp3) is 0.200. The molecule has 0 unspecified atom stereocenters. The van der Waals surface area contributed by atoms with Gasteiger partial charge in [0.05, 0.1) is 11.3 Å². The number of hydrogen-bond acceptors (Lipinski definition) is 1. The normalized spacial score (nSPS) is 11.5. The number of alkyl halides is 4. The van der Waals surface area contributed by atoms with Gasteiger partial charge in [-0.25, -0.2) is 4.39 Å². The molecule has 0 N–H and O–H groups in total. The van der Waals surface area contributed by atoms with Crippen molar-refractivity contribution in [2.75, 3.05) is 11.9 Å². The van der Waals surface area contributed by atoms with Crippen molar-refractivity contribution in [1.82, 2.24) is 0 Å². The van der Waals surface area contributed by atoms with E-state index in [0.717, 1.165) is 6.07 Å². The van der Waals surface area contributed by atoms with Gasteiger partial charge in [-0.05, 0) is 29.8 Å². The van der Waals surface area contributed by atoms with Crippen LogP contribution >= 0.6 is 11.6 Å². The summed E-state index contributed by atoms with van der Waals surface area (Å²) in [4.78, 5) is 1.36. The molecular formula is C15H12ClF4N. The predicted molar refractivity (Wildman–Crippen MR) is 75.5 cm³/mol. The van der Waals surface area contributed by atoms with Crippen molar-refractivity contribution < 1.29 is 17.6 Å². The first kappa shape index (κ1) is 15.6. The summed E-state index contributed by atoms with van der Waals surface area (Å²) in [6, 6.07) is 9.66. The Morgan fingerprint density at radius 1 is 1.10 bits per heavy atom. The summed E-state index contributed by atoms with van der Waals surface area (Å²) >= 11 is 5.54. The van der Waals surface area contributed by atoms with Crippen LogP contribution in [-0.4, -0.2) is 7.05 Å². The number of para-hydroxylation sites is 1. The molecule has 0 atom stereocenters. The van der Waals surface area contributed by atoms with Crippen LogP contribution in [0.5, 0.6) is 0 Å². The maximum Gasteiger partial charge on any atom is 0.416 e. The second kappa shape index (κ2) is 5.93. The van der Waals surface area contributed by atoms with Gasteiger partial charge in [-0.1, -0.05) is 18.2 Å². The summed E-state index contributed by atoms with van der Waals surface area (Å²) in [5.41, 5.74) is -0.376. The van der Waals surface area contributed by atoms with Gasteiger partial charge < -0.3 is 4.90 Å². The molecule has 0 bridgehead atoms. The number of hydrogen-bond donors (Lipinski definition) is 0. The first-order chi connectivity index (χ1) is 9.84. The quantitative estimate of drug-likeness (QED) is 0.545. The second-order valence-corrected chi connectivity index (χ2v) is 4.75. The highest BCUT2D eigenvalue weighted by molar-refractivity contribution is 6.17. The van der Waals surface area contributed by atoms with Crippen LogP contribution in [0, 0.1) is 5.82 Å². The van der Waals surface area contributed by atoms with Crippen molar-refractivity contribution in [3.63, 3.8) is 0 Å². The Hall–Kier alpha value is -1.75. The van der Waals surface area contributed by atoms with E-state index in [1.807, 2.05) is 0 Å². The number of rotatable bonds is 3. The molecule has 1 nitrogen and oxygen atoms in total. The lowest BCUT2D eigenvalue weighted by Crippen LogP contribution is -2.14. The Kier molecular flexibility index (Phi) is 4.42. The zero-order chi connectivity index (χ0) is 15.6. The minimum atomic E-state index is -4.50. The number of benzene rings is 2. The average molecular weight is 318 g/mol. The van der Waals surface area contributed by atoms with Crippen LogP contribution in [-0.2, 0) is 12.1 Å². The maximum absolute atomic E-state index is 13.7. The molecule has 0 saturated carbocycles. The van der Waals surface area contributed by atoms with Crippen molar-refractivity contribution in [3.8, 4) is 0 Å². The first-order valence-electron chi connectivity index (χ1n) is 6.09. The highest BCUT2D eigenvalue weighted by atomic mass is 35.5. The maximum atomic E-state index is 13.7. The fourth-order valence-corrected chi connectivity index (χ4v) is 2.25. The minimum Gasteiger partial charge on any atom is -0.342 e. The van der Waals surface area contributed by atoms with Gasteiger partial charge in [0.15, 0.2) is 0 Å². The zero-order valence-electron chi connectivity index (χ0n) is 11.1. The molecule has 0 fully saturated rings. The summed E-state index contributed by atoms with van der Waals surface area (Å²) in [5.74, 6) is -0.742. The molecule has 21 heavy (non-hydrogen) atoms. The SMILES string of the molecule is CN(c1ccc(CCl)c(C(F)(F)F)c1)c1ccccc1F. The van der Waals surface area contributed by atoms with Crippen LogP contribution in [0.3, 0.4) is 0 Å². The molecule has 0 heterocycles. The Bertz CT molecular complexity index is 640.